The van der Waals surface area contributed by atoms with Gasteiger partial charge in [-0.25, -0.2) is 0 Å². The molecule has 0 saturated carbocycles. The molecule has 0 bridgehead atoms. The van der Waals surface area contributed by atoms with Crippen LogP contribution in [0.25, 0.3) is 22.5 Å². The van der Waals surface area contributed by atoms with Gasteiger partial charge in [-0.3, -0.25) is 10.00 Å². The molecule has 5 nitrogen and oxygen atoms in total. The van der Waals surface area contributed by atoms with Crippen LogP contribution in [0, 0.1) is 0 Å². The molecular formula is C22H27Cl3N4O. The Morgan fingerprint density at radius 2 is 1.77 bits per heavy atom. The summed E-state index contributed by atoms with van der Waals surface area (Å²) in [6.45, 7) is 5.80. The number of rotatable bonds is 5. The standard InChI is InChI=1S/C22H24N4O.3ClH/c1-2-4-16(5-3-1)21-20-15-17-14-18(6-7-19(17)22(20)25-24-21)23-8-9-26-10-12-27-13-11-26;;;/h1-7,14,23H,8-13,15H2,(H,24,25);3*1H. The summed E-state index contributed by atoms with van der Waals surface area (Å²) in [4.78, 5) is 2.45. The van der Waals surface area contributed by atoms with E-state index in [1.807, 2.05) is 6.07 Å². The summed E-state index contributed by atoms with van der Waals surface area (Å²) in [5, 5.41) is 11.4. The maximum Gasteiger partial charge on any atom is 0.0962 e. The summed E-state index contributed by atoms with van der Waals surface area (Å²) >= 11 is 0. The first-order valence-electron chi connectivity index (χ1n) is 9.68. The number of anilines is 1. The van der Waals surface area contributed by atoms with Crippen molar-refractivity contribution in [3.8, 4) is 22.5 Å². The molecule has 2 aromatic carbocycles. The van der Waals surface area contributed by atoms with Gasteiger partial charge in [0.25, 0.3) is 0 Å². The number of halogens is 3. The number of H-pyrrole nitrogens is 1. The molecule has 1 aromatic heterocycles. The lowest BCUT2D eigenvalue weighted by atomic mass is 10.1. The number of nitrogens with zero attached hydrogens (tertiary/aromatic N) is 2. The smallest absolute Gasteiger partial charge is 0.0962 e. The Bertz CT molecular complexity index is 943. The van der Waals surface area contributed by atoms with Gasteiger partial charge < -0.3 is 10.1 Å². The van der Waals surface area contributed by atoms with Crippen molar-refractivity contribution in [1.29, 1.82) is 0 Å². The number of aromatic nitrogens is 2. The highest BCUT2D eigenvalue weighted by molar-refractivity contribution is 5.86. The van der Waals surface area contributed by atoms with Gasteiger partial charge in [0, 0.05) is 55.0 Å². The normalized spacial score (nSPS) is 14.5. The zero-order valence-electron chi connectivity index (χ0n) is 16.6. The number of ether oxygens (including phenoxy) is 1. The molecule has 162 valence electrons. The van der Waals surface area contributed by atoms with Crippen molar-refractivity contribution in [3.63, 3.8) is 0 Å². The van der Waals surface area contributed by atoms with Crippen LogP contribution < -0.4 is 5.32 Å². The third-order valence-corrected chi connectivity index (χ3v) is 5.52. The Labute approximate surface area is 195 Å². The van der Waals surface area contributed by atoms with Gasteiger partial charge in [0.2, 0.25) is 0 Å². The average Bonchev–Trinajstić information content (AvgIpc) is 3.28. The molecule has 0 amide bonds. The second kappa shape index (κ2) is 11.0. The Hall–Kier alpha value is -1.76. The van der Waals surface area contributed by atoms with Gasteiger partial charge in [-0.1, -0.05) is 36.4 Å². The first-order chi connectivity index (χ1) is 13.4. The second-order valence-electron chi connectivity index (χ2n) is 7.22. The van der Waals surface area contributed by atoms with Crippen LogP contribution in [0.2, 0.25) is 0 Å². The SMILES string of the molecule is Cl.Cl.Cl.c1ccc(-c2n[nH]c3c2Cc2cc(NCCN4CCOCC4)ccc2-3)cc1. The fourth-order valence-corrected chi connectivity index (χ4v) is 4.06. The molecule has 1 aliphatic heterocycles. The van der Waals surface area contributed by atoms with Gasteiger partial charge in [-0.05, 0) is 17.7 Å². The molecule has 30 heavy (non-hydrogen) atoms. The molecule has 0 spiro atoms. The minimum atomic E-state index is 0. The molecule has 0 atom stereocenters. The van der Waals surface area contributed by atoms with E-state index in [0.717, 1.165) is 51.5 Å². The maximum atomic E-state index is 5.41. The molecule has 0 radical (unpaired) electrons. The highest BCUT2D eigenvalue weighted by Crippen LogP contribution is 2.40. The minimum Gasteiger partial charge on any atom is -0.384 e. The Morgan fingerprint density at radius 3 is 2.53 bits per heavy atom. The van der Waals surface area contributed by atoms with Gasteiger partial charge in [0.05, 0.1) is 24.6 Å². The molecule has 8 heteroatoms. The van der Waals surface area contributed by atoms with Crippen LogP contribution in [-0.2, 0) is 11.2 Å². The molecule has 2 aliphatic rings. The molecule has 1 aliphatic carbocycles. The van der Waals surface area contributed by atoms with Crippen molar-refractivity contribution in [2.24, 2.45) is 0 Å². The van der Waals surface area contributed by atoms with Gasteiger partial charge in [-0.2, -0.15) is 5.10 Å². The van der Waals surface area contributed by atoms with Gasteiger partial charge in [-0.15, -0.1) is 37.2 Å². The third-order valence-electron chi connectivity index (χ3n) is 5.52. The summed E-state index contributed by atoms with van der Waals surface area (Å²) in [5.74, 6) is 0. The van der Waals surface area contributed by atoms with E-state index in [0.29, 0.717) is 0 Å². The maximum absolute atomic E-state index is 5.41. The van der Waals surface area contributed by atoms with Crippen LogP contribution in [0.3, 0.4) is 0 Å². The molecule has 2 heterocycles. The lowest BCUT2D eigenvalue weighted by Gasteiger charge is -2.26. The van der Waals surface area contributed by atoms with E-state index < -0.39 is 0 Å². The summed E-state index contributed by atoms with van der Waals surface area (Å²) in [7, 11) is 0. The minimum absolute atomic E-state index is 0. The molecular weight excluding hydrogens is 443 g/mol. The molecule has 1 saturated heterocycles. The molecule has 2 N–H and O–H groups in total. The highest BCUT2D eigenvalue weighted by Gasteiger charge is 2.25. The van der Waals surface area contributed by atoms with E-state index in [2.05, 4.69) is 62.9 Å². The van der Waals surface area contributed by atoms with Crippen LogP contribution in [0.15, 0.2) is 48.5 Å². The molecule has 1 fully saturated rings. The largest absolute Gasteiger partial charge is 0.384 e. The number of hydrogen-bond acceptors (Lipinski definition) is 4. The fraction of sp³-hybridized carbons (Fsp3) is 0.318. The zero-order chi connectivity index (χ0) is 18.1. The third kappa shape index (κ3) is 4.93. The Morgan fingerprint density at radius 1 is 1.00 bits per heavy atom. The number of nitrogens with one attached hydrogen (secondary N) is 2. The van der Waals surface area contributed by atoms with E-state index in [4.69, 9.17) is 4.74 Å². The number of benzene rings is 2. The lowest BCUT2D eigenvalue weighted by molar-refractivity contribution is 0.0398. The first kappa shape index (κ1) is 24.5. The Balaban J connectivity index is 0.00000107. The van der Waals surface area contributed by atoms with E-state index in [9.17, 15) is 0 Å². The van der Waals surface area contributed by atoms with Crippen LogP contribution >= 0.6 is 37.2 Å². The van der Waals surface area contributed by atoms with Crippen molar-refractivity contribution in [3.05, 3.63) is 59.7 Å². The first-order valence-corrected chi connectivity index (χ1v) is 9.68. The number of morpholine rings is 1. The molecule has 0 unspecified atom stereocenters. The zero-order valence-corrected chi connectivity index (χ0v) is 19.0. The van der Waals surface area contributed by atoms with Crippen molar-refractivity contribution in [2.75, 3.05) is 44.7 Å². The van der Waals surface area contributed by atoms with E-state index in [1.165, 1.54) is 33.6 Å². The van der Waals surface area contributed by atoms with Gasteiger partial charge >= 0.3 is 0 Å². The monoisotopic (exact) mass is 468 g/mol. The van der Waals surface area contributed by atoms with Gasteiger partial charge in [0.1, 0.15) is 0 Å². The van der Waals surface area contributed by atoms with E-state index >= 15 is 0 Å². The summed E-state index contributed by atoms with van der Waals surface area (Å²) in [5.41, 5.74) is 8.56. The topological polar surface area (TPSA) is 53.2 Å². The summed E-state index contributed by atoms with van der Waals surface area (Å²) in [6, 6.07) is 17.1. The average molecular weight is 470 g/mol. The quantitative estimate of drug-likeness (QED) is 0.446. The fourth-order valence-electron chi connectivity index (χ4n) is 4.06. The van der Waals surface area contributed by atoms with Crippen LogP contribution in [0.5, 0.6) is 0 Å². The predicted octanol–water partition coefficient (Wildman–Crippen LogP) is 4.66. The number of fused-ring (bicyclic) bond motifs is 3. The highest BCUT2D eigenvalue weighted by atomic mass is 35.5. The molecule has 3 aromatic rings. The molecule has 5 rings (SSSR count). The van der Waals surface area contributed by atoms with Crippen LogP contribution in [0.1, 0.15) is 11.1 Å². The lowest BCUT2D eigenvalue weighted by Crippen LogP contribution is -2.39. The van der Waals surface area contributed by atoms with E-state index in [-0.39, 0.29) is 37.2 Å². The second-order valence-corrected chi connectivity index (χ2v) is 7.22. The van der Waals surface area contributed by atoms with Crippen molar-refractivity contribution in [2.45, 2.75) is 6.42 Å². The van der Waals surface area contributed by atoms with Crippen molar-refractivity contribution < 1.29 is 4.74 Å². The van der Waals surface area contributed by atoms with Crippen LogP contribution in [0.4, 0.5) is 5.69 Å². The van der Waals surface area contributed by atoms with Crippen molar-refractivity contribution >= 4 is 42.9 Å². The van der Waals surface area contributed by atoms with E-state index in [1.54, 1.807) is 0 Å². The van der Waals surface area contributed by atoms with Crippen LogP contribution in [-0.4, -0.2) is 54.5 Å². The van der Waals surface area contributed by atoms with Gasteiger partial charge in [0.15, 0.2) is 0 Å². The summed E-state index contributed by atoms with van der Waals surface area (Å²) in [6.07, 6.45) is 0.935. The predicted molar refractivity (Wildman–Crippen MR) is 130 cm³/mol. The number of hydrogen-bond donors (Lipinski definition) is 2. The van der Waals surface area contributed by atoms with Crippen molar-refractivity contribution in [1.82, 2.24) is 15.1 Å². The summed E-state index contributed by atoms with van der Waals surface area (Å²) < 4.78 is 5.41. The Kier molecular flexibility index (Phi) is 9.01. The number of aromatic amines is 1.